The molecule has 35 heavy (non-hydrogen) atoms. The zero-order valence-electron chi connectivity index (χ0n) is 19.9. The highest BCUT2D eigenvalue weighted by Crippen LogP contribution is 2.22. The Labute approximate surface area is 211 Å². The molecule has 0 radical (unpaired) electrons. The molecule has 0 unspecified atom stereocenters. The van der Waals surface area contributed by atoms with Crippen LogP contribution in [0.4, 0.5) is 0 Å². The molecule has 3 rings (SSSR count). The largest absolute Gasteiger partial charge is 0.508 e. The van der Waals surface area contributed by atoms with Gasteiger partial charge in [0.2, 0.25) is 5.91 Å². The second-order valence-corrected chi connectivity index (χ2v) is 9.17. The normalized spacial score (nSPS) is 12.8. The van der Waals surface area contributed by atoms with Gasteiger partial charge in [0.15, 0.2) is 0 Å². The Morgan fingerprint density at radius 2 is 1.77 bits per heavy atom. The molecule has 7 heteroatoms. The molecule has 1 amide bonds. The number of hydrogen-bond donors (Lipinski definition) is 5. The number of amides is 1. The number of aryl methyl sites for hydroxylation is 1. The highest BCUT2D eigenvalue weighted by molar-refractivity contribution is 6.31. The molecular weight excluding hydrogens is 464 g/mol. The number of benzene rings is 3. The van der Waals surface area contributed by atoms with Crippen molar-refractivity contribution in [3.8, 4) is 5.75 Å². The molecule has 0 saturated carbocycles. The van der Waals surface area contributed by atoms with E-state index in [2.05, 4.69) is 29.7 Å². The predicted molar refractivity (Wildman–Crippen MR) is 138 cm³/mol. The van der Waals surface area contributed by atoms with Crippen LogP contribution in [-0.2, 0) is 30.8 Å². The van der Waals surface area contributed by atoms with E-state index in [1.165, 1.54) is 6.07 Å². The molecule has 6 nitrogen and oxygen atoms in total. The summed E-state index contributed by atoms with van der Waals surface area (Å²) in [6, 6.07) is 20.5. The topological polar surface area (TPSA) is 102 Å². The number of aliphatic hydroxyl groups excluding tert-OH is 2. The van der Waals surface area contributed by atoms with Crippen molar-refractivity contribution in [2.45, 2.75) is 51.5 Å². The minimum Gasteiger partial charge on any atom is -0.508 e. The minimum atomic E-state index is -0.751. The molecular formula is C28H33ClN2O4. The Bertz CT molecular complexity index is 1120. The number of aliphatic hydroxyl groups is 2. The summed E-state index contributed by atoms with van der Waals surface area (Å²) in [5.41, 5.74) is 4.18. The first-order valence-corrected chi connectivity index (χ1v) is 12.2. The molecule has 0 aromatic heterocycles. The van der Waals surface area contributed by atoms with E-state index in [4.69, 9.17) is 11.6 Å². The van der Waals surface area contributed by atoms with Gasteiger partial charge in [-0.25, -0.2) is 0 Å². The number of nitrogens with one attached hydrogen (secondary N) is 2. The minimum absolute atomic E-state index is 0.0158. The summed E-state index contributed by atoms with van der Waals surface area (Å²) in [5.74, 6) is 0.000614. The summed E-state index contributed by atoms with van der Waals surface area (Å²) in [6.45, 7) is 2.54. The molecule has 5 N–H and O–H groups in total. The van der Waals surface area contributed by atoms with E-state index in [9.17, 15) is 20.1 Å². The van der Waals surface area contributed by atoms with Gasteiger partial charge in [0.05, 0.1) is 12.7 Å². The summed E-state index contributed by atoms with van der Waals surface area (Å²) >= 11 is 6.14. The third-order valence-corrected chi connectivity index (χ3v) is 6.29. The lowest BCUT2D eigenvalue weighted by molar-refractivity contribution is -0.121. The van der Waals surface area contributed by atoms with Crippen molar-refractivity contribution < 1.29 is 20.1 Å². The van der Waals surface area contributed by atoms with Gasteiger partial charge in [-0.3, -0.25) is 4.79 Å². The fourth-order valence-corrected chi connectivity index (χ4v) is 4.09. The Morgan fingerprint density at radius 1 is 1.00 bits per heavy atom. The number of carbonyl (C=O) groups is 1. The summed E-state index contributed by atoms with van der Waals surface area (Å²) in [4.78, 5) is 12.3. The van der Waals surface area contributed by atoms with E-state index < -0.39 is 6.10 Å². The second kappa shape index (κ2) is 13.3. The lowest BCUT2D eigenvalue weighted by atomic mass is 10.0. The van der Waals surface area contributed by atoms with Crippen molar-refractivity contribution in [1.29, 1.82) is 0 Å². The standard InChI is InChI=1S/C28H33ClN2O4/c1-19(30-17-27(34)22-10-11-26(33)24(15-22)18-32)13-21-6-4-5-20(14-21)9-12-28(35)31-16-23-7-2-3-8-25(23)29/h2-8,10-11,14-15,19,27,30,32-34H,9,12-13,16-18H2,1H3,(H,31,35)/t19-,27+/m1/s1. The van der Waals surface area contributed by atoms with Crippen LogP contribution in [-0.4, -0.2) is 33.8 Å². The van der Waals surface area contributed by atoms with Crippen molar-refractivity contribution in [1.82, 2.24) is 10.6 Å². The molecule has 0 aliphatic rings. The molecule has 0 fully saturated rings. The highest BCUT2D eigenvalue weighted by atomic mass is 35.5. The van der Waals surface area contributed by atoms with Crippen LogP contribution < -0.4 is 10.6 Å². The van der Waals surface area contributed by atoms with Crippen molar-refractivity contribution >= 4 is 17.5 Å². The van der Waals surface area contributed by atoms with Gasteiger partial charge < -0.3 is 26.0 Å². The molecule has 0 bridgehead atoms. The summed E-state index contributed by atoms with van der Waals surface area (Å²) < 4.78 is 0. The lowest BCUT2D eigenvalue weighted by Crippen LogP contribution is -2.32. The van der Waals surface area contributed by atoms with Crippen LogP contribution in [0.1, 0.15) is 47.3 Å². The third-order valence-electron chi connectivity index (χ3n) is 5.93. The van der Waals surface area contributed by atoms with Crippen LogP contribution in [0.5, 0.6) is 5.75 Å². The monoisotopic (exact) mass is 496 g/mol. The van der Waals surface area contributed by atoms with Crippen molar-refractivity contribution in [3.63, 3.8) is 0 Å². The fraction of sp³-hybridized carbons (Fsp3) is 0.321. The zero-order chi connectivity index (χ0) is 25.2. The van der Waals surface area contributed by atoms with Gasteiger partial charge in [-0.1, -0.05) is 60.1 Å². The van der Waals surface area contributed by atoms with Gasteiger partial charge in [0.25, 0.3) is 0 Å². The van der Waals surface area contributed by atoms with Gasteiger partial charge in [-0.15, -0.1) is 0 Å². The zero-order valence-corrected chi connectivity index (χ0v) is 20.6. The Hall–Kier alpha value is -2.90. The number of phenols is 1. The van der Waals surface area contributed by atoms with E-state index in [-0.39, 0.29) is 24.3 Å². The van der Waals surface area contributed by atoms with Crippen LogP contribution in [0.3, 0.4) is 0 Å². The maximum Gasteiger partial charge on any atom is 0.220 e. The van der Waals surface area contributed by atoms with Crippen molar-refractivity contribution in [2.75, 3.05) is 6.54 Å². The maximum absolute atomic E-state index is 12.3. The number of hydrogen-bond acceptors (Lipinski definition) is 5. The van der Waals surface area contributed by atoms with Crippen LogP contribution in [0, 0.1) is 0 Å². The van der Waals surface area contributed by atoms with Crippen LogP contribution >= 0.6 is 11.6 Å². The van der Waals surface area contributed by atoms with Crippen molar-refractivity contribution in [2.24, 2.45) is 0 Å². The number of halogens is 1. The highest BCUT2D eigenvalue weighted by Gasteiger charge is 2.13. The molecule has 0 aliphatic heterocycles. The molecule has 0 spiro atoms. The number of aromatic hydroxyl groups is 1. The fourth-order valence-electron chi connectivity index (χ4n) is 3.89. The summed E-state index contributed by atoms with van der Waals surface area (Å²) in [7, 11) is 0. The SMILES string of the molecule is C[C@H](Cc1cccc(CCC(=O)NCc2ccccc2Cl)c1)NC[C@H](O)c1ccc(O)c(CO)c1. The van der Waals surface area contributed by atoms with Gasteiger partial charge >= 0.3 is 0 Å². The Balaban J connectivity index is 1.44. The third kappa shape index (κ3) is 8.37. The molecule has 0 heterocycles. The van der Waals surface area contributed by atoms with Gasteiger partial charge in [0.1, 0.15) is 5.75 Å². The average molecular weight is 497 g/mol. The second-order valence-electron chi connectivity index (χ2n) is 8.76. The van der Waals surface area contributed by atoms with Crippen molar-refractivity contribution in [3.05, 3.63) is 99.6 Å². The molecule has 3 aromatic carbocycles. The first-order valence-electron chi connectivity index (χ1n) is 11.8. The maximum atomic E-state index is 12.3. The van der Waals surface area contributed by atoms with Crippen LogP contribution in [0.25, 0.3) is 0 Å². The molecule has 186 valence electrons. The van der Waals surface area contributed by atoms with Gasteiger partial charge in [0, 0.05) is 36.1 Å². The first kappa shape index (κ1) is 26.7. The van der Waals surface area contributed by atoms with Gasteiger partial charge in [-0.05, 0) is 60.2 Å². The van der Waals surface area contributed by atoms with Crippen LogP contribution in [0.2, 0.25) is 5.02 Å². The van der Waals surface area contributed by atoms with E-state index in [0.717, 1.165) is 23.1 Å². The number of rotatable bonds is 12. The Kier molecular flexibility index (Phi) is 10.1. The van der Waals surface area contributed by atoms with E-state index in [0.29, 0.717) is 42.1 Å². The molecule has 0 aliphatic carbocycles. The predicted octanol–water partition coefficient (Wildman–Crippen LogP) is 4.04. The molecule has 0 saturated heterocycles. The molecule has 2 atom stereocenters. The average Bonchev–Trinajstić information content (AvgIpc) is 2.86. The van der Waals surface area contributed by atoms with E-state index >= 15 is 0 Å². The molecule has 3 aromatic rings. The number of carbonyl (C=O) groups excluding carboxylic acids is 1. The lowest BCUT2D eigenvalue weighted by Gasteiger charge is -2.18. The summed E-state index contributed by atoms with van der Waals surface area (Å²) in [5, 5.41) is 36.4. The van der Waals surface area contributed by atoms with E-state index in [1.54, 1.807) is 12.1 Å². The first-order chi connectivity index (χ1) is 16.9. The smallest absolute Gasteiger partial charge is 0.220 e. The summed E-state index contributed by atoms with van der Waals surface area (Å²) in [6.07, 6.45) is 1.07. The van der Waals surface area contributed by atoms with Gasteiger partial charge in [-0.2, -0.15) is 0 Å². The van der Waals surface area contributed by atoms with Crippen LogP contribution in [0.15, 0.2) is 66.7 Å². The Morgan fingerprint density at radius 3 is 2.54 bits per heavy atom. The van der Waals surface area contributed by atoms with E-state index in [1.807, 2.05) is 36.4 Å². The quantitative estimate of drug-likeness (QED) is 0.260.